The van der Waals surface area contributed by atoms with Crippen LogP contribution < -0.4 is 45.0 Å². The first-order chi connectivity index (χ1) is 35.6. The molecule has 400 valence electrons. The van der Waals surface area contributed by atoms with Gasteiger partial charge in [-0.05, 0) is 0 Å². The Balaban J connectivity index is 0.000000192. The Labute approximate surface area is 424 Å². The number of H-pyrrole nitrogens is 4. The fraction of sp³-hybridized carbons (Fsp3) is 0.556. The van der Waals surface area contributed by atoms with E-state index in [0.717, 1.165) is 53.6 Å². The summed E-state index contributed by atoms with van der Waals surface area (Å²) in [4.78, 5) is 97.6. The van der Waals surface area contributed by atoms with Crippen LogP contribution in [0, 0.1) is 0 Å². The van der Waals surface area contributed by atoms with Crippen LogP contribution in [-0.2, 0) is 18.9 Å². The summed E-state index contributed by atoms with van der Waals surface area (Å²) in [7, 11) is 0. The number of aromatic amines is 4. The molecule has 0 bridgehead atoms. The molecule has 4 aliphatic heterocycles. The predicted molar refractivity (Wildman–Crippen MR) is 237 cm³/mol. The van der Waals surface area contributed by atoms with E-state index < -0.39 is 165 Å². The lowest BCUT2D eigenvalue weighted by atomic mass is 10.1. The van der Waals surface area contributed by atoms with Crippen molar-refractivity contribution in [3.63, 3.8) is 0 Å². The van der Waals surface area contributed by atoms with Gasteiger partial charge in [-0.1, -0.05) is 46.4 Å². The first-order valence-electron chi connectivity index (χ1n) is 22.5. The van der Waals surface area contributed by atoms with E-state index >= 15 is 0 Å². The van der Waals surface area contributed by atoms with Gasteiger partial charge in [0.2, 0.25) is 0 Å². The molecule has 36 heteroatoms. The number of halogens is 4. The molecule has 72 heavy (non-hydrogen) atoms. The van der Waals surface area contributed by atoms with E-state index in [0.29, 0.717) is 13.7 Å². The van der Waals surface area contributed by atoms with Crippen LogP contribution in [0.1, 0.15) is 33.1 Å². The molecule has 4 aliphatic rings. The summed E-state index contributed by atoms with van der Waals surface area (Å²) in [5.41, 5.74) is -6.71. The second kappa shape index (κ2) is 22.8. The highest BCUT2D eigenvalue weighted by Crippen LogP contribution is 2.42. The Bertz CT molecular complexity index is 3330. The van der Waals surface area contributed by atoms with Crippen molar-refractivity contribution in [2.45, 2.75) is 93.9 Å². The van der Waals surface area contributed by atoms with Crippen molar-refractivity contribution in [2.24, 2.45) is 0 Å². The van der Waals surface area contributed by atoms with Crippen molar-refractivity contribution in [1.82, 2.24) is 38.2 Å². The van der Waals surface area contributed by atoms with E-state index in [1.165, 1.54) is 0 Å². The second-order valence-corrected chi connectivity index (χ2v) is 17.3. The lowest BCUT2D eigenvalue weighted by Gasteiger charge is -2.21. The maximum absolute atomic E-state index is 11.7. The molecule has 4 aromatic rings. The third-order valence-electron chi connectivity index (χ3n) is 10.2. The highest BCUT2D eigenvalue weighted by Gasteiger charge is 2.57. The predicted octanol–water partition coefficient (Wildman–Crippen LogP) is -9.14. The summed E-state index contributed by atoms with van der Waals surface area (Å²) in [5.74, 6) is 0. The van der Waals surface area contributed by atoms with E-state index in [-0.39, 0.29) is 0 Å². The third kappa shape index (κ3) is 11.8. The Morgan fingerprint density at radius 1 is 0.444 bits per heavy atom. The molecule has 4 fully saturated rings. The van der Waals surface area contributed by atoms with Gasteiger partial charge in [0.1, 0.15) is 48.8 Å². The number of aliphatic hydroxyl groups excluding tert-OH is 10. The van der Waals surface area contributed by atoms with Gasteiger partial charge < -0.3 is 80.2 Å². The van der Waals surface area contributed by atoms with Crippen LogP contribution in [0.4, 0.5) is 0 Å². The molecule has 32 nitrogen and oxygen atoms in total. The lowest BCUT2D eigenvalue weighted by molar-refractivity contribution is -0.0787. The standard InChI is InChI=1S/4C9H11ClN2O6/c4*10-9(3-13)6(16)5(15)7(18-9)12-2-1-4(14)11-8(12)17/h4*1-2,5-7,13,15-16H,3H2,(H,11,14,17)/t4*5-,6+,7-,9-/m1111/s1/i3D2,7D;7D;3D2;. The van der Waals surface area contributed by atoms with Crippen LogP contribution in [0.5, 0.6) is 0 Å². The van der Waals surface area contributed by atoms with Gasteiger partial charge in [0, 0.05) is 49.1 Å². The fourth-order valence-electron chi connectivity index (χ4n) is 6.42. The zero-order valence-corrected chi connectivity index (χ0v) is 38.4. The summed E-state index contributed by atoms with van der Waals surface area (Å²) < 4.78 is 66.7. The number of aromatic nitrogens is 8. The van der Waals surface area contributed by atoms with Crippen LogP contribution in [0.3, 0.4) is 0 Å². The van der Waals surface area contributed by atoms with E-state index in [2.05, 4.69) is 0 Å². The molecule has 4 saturated heterocycles. The SMILES string of the molecule is O=c1ccn([C@@H]2O[C@](Cl)(CO)[C@@H](O)[C@H]2O)c(=O)[nH]1.[2H]C([2H])(O)[C@@]1(Cl)O[C@@H](n2ccc(=O)[nH]c2=O)[C@H](O)[C@@H]1O.[2H]C([2H])(O)[C@@]1(Cl)O[C@@]([2H])(n2ccc(=O)[nH]c2=O)[C@H](O)[C@@H]1O.[2H][C@@]1(n2ccc(=O)[nH]c2=O)O[C@](Cl)(CO)[C@@H](O)[C@H]1O. The molecule has 0 aliphatic carbocycles. The first-order valence-corrected chi connectivity index (χ1v) is 21.1. The molecular formula is C36H44Cl4N8O24. The summed E-state index contributed by atoms with van der Waals surface area (Å²) >= 11 is 22.8. The van der Waals surface area contributed by atoms with Gasteiger partial charge in [0.15, 0.2) is 45.1 Å². The van der Waals surface area contributed by atoms with Gasteiger partial charge in [0.25, 0.3) is 22.2 Å². The normalized spacial score (nSPS) is 39.6. The van der Waals surface area contributed by atoms with Crippen molar-refractivity contribution in [3.05, 3.63) is 132 Å². The van der Waals surface area contributed by atoms with Crippen molar-refractivity contribution in [3.8, 4) is 0 Å². The van der Waals surface area contributed by atoms with Crippen molar-refractivity contribution < 1.29 is 88.5 Å². The zero-order chi connectivity index (χ0) is 59.4. The van der Waals surface area contributed by atoms with E-state index in [4.69, 9.17) is 83.8 Å². The number of rotatable bonds is 8. The van der Waals surface area contributed by atoms with Crippen LogP contribution >= 0.6 is 46.4 Å². The molecule has 4 aromatic heterocycles. The molecule has 0 amide bonds. The van der Waals surface area contributed by atoms with E-state index in [1.807, 2.05) is 15.0 Å². The largest absolute Gasteiger partial charge is 0.392 e. The fourth-order valence-corrected chi connectivity index (χ4v) is 7.26. The molecule has 8 rings (SSSR count). The van der Waals surface area contributed by atoms with Crippen LogP contribution in [0.2, 0.25) is 0 Å². The number of nitrogens with zero attached hydrogens (tertiary/aromatic N) is 4. The first kappa shape index (κ1) is 49.5. The number of ether oxygens (including phenoxy) is 4. The van der Waals surface area contributed by atoms with Crippen LogP contribution in [-0.4, -0.2) is 195 Å². The van der Waals surface area contributed by atoms with Gasteiger partial charge >= 0.3 is 22.8 Å². The number of alkyl halides is 4. The molecule has 0 aromatic carbocycles. The minimum atomic E-state index is -3.33. The minimum Gasteiger partial charge on any atom is -0.392 e. The summed E-state index contributed by atoms with van der Waals surface area (Å²) in [6.45, 7) is -8.15. The maximum Gasteiger partial charge on any atom is 0.330 e. The lowest BCUT2D eigenvalue weighted by Crippen LogP contribution is -2.41. The molecule has 0 saturated carbocycles. The van der Waals surface area contributed by atoms with Gasteiger partial charge in [-0.2, -0.15) is 0 Å². The van der Waals surface area contributed by atoms with Crippen LogP contribution in [0.25, 0.3) is 0 Å². The van der Waals surface area contributed by atoms with Crippen molar-refractivity contribution in [2.75, 3.05) is 26.3 Å². The van der Waals surface area contributed by atoms with Gasteiger partial charge in [0.05, 0.1) is 34.6 Å². The summed E-state index contributed by atoms with van der Waals surface area (Å²) in [5, 5.41) is 105. The molecule has 8 heterocycles. The highest BCUT2D eigenvalue weighted by atomic mass is 35.5. The molecule has 0 spiro atoms. The van der Waals surface area contributed by atoms with E-state index in [9.17, 15) is 89.4 Å². The summed E-state index contributed by atoms with van der Waals surface area (Å²) in [6, 6.07) is 3.80. The average Bonchev–Trinajstić information content (AvgIpc) is 3.87. The number of nitrogens with one attached hydrogen (secondary N) is 4. The van der Waals surface area contributed by atoms with E-state index in [1.54, 1.807) is 4.98 Å². The Kier molecular flexibility index (Phi) is 15.6. The second-order valence-electron chi connectivity index (χ2n) is 14.9. The molecule has 0 unspecified atom stereocenters. The number of hydrogen-bond acceptors (Lipinski definition) is 24. The quantitative estimate of drug-likeness (QED) is 0.0729. The monoisotopic (exact) mass is 1120 g/mol. The van der Waals surface area contributed by atoms with Gasteiger partial charge in [-0.25, -0.2) is 19.2 Å². The minimum absolute atomic E-state index is 0.401. The van der Waals surface area contributed by atoms with Gasteiger partial charge in [-0.3, -0.25) is 57.4 Å². The summed E-state index contributed by atoms with van der Waals surface area (Å²) in [6.07, 6.45) is -19.3. The molecule has 16 N–H and O–H groups in total. The smallest absolute Gasteiger partial charge is 0.330 e. The number of hydrogen-bond donors (Lipinski definition) is 16. The van der Waals surface area contributed by atoms with Gasteiger partial charge in [-0.15, -0.1) is 0 Å². The molecule has 16 atom stereocenters. The average molecular weight is 1120 g/mol. The molecular weight excluding hydrogens is 1070 g/mol. The van der Waals surface area contributed by atoms with Crippen molar-refractivity contribution >= 4 is 46.4 Å². The maximum atomic E-state index is 11.7. The van der Waals surface area contributed by atoms with Crippen molar-refractivity contribution in [1.29, 1.82) is 0 Å². The zero-order valence-electron chi connectivity index (χ0n) is 41.4. The third-order valence-corrected chi connectivity index (χ3v) is 11.9. The Hall–Kier alpha value is -4.76. The van der Waals surface area contributed by atoms with Crippen LogP contribution in [0.15, 0.2) is 87.4 Å². The Morgan fingerprint density at radius 3 is 0.958 bits per heavy atom. The number of aliphatic hydroxyl groups is 12. The highest BCUT2D eigenvalue weighted by molar-refractivity contribution is 6.24. The molecule has 0 radical (unpaired) electrons. The Morgan fingerprint density at radius 2 is 0.694 bits per heavy atom. The topological polar surface area (TPSA) is 499 Å².